The molecule has 6 heteroatoms. The molecule has 1 saturated heterocycles. The fourth-order valence-electron chi connectivity index (χ4n) is 1.96. The highest BCUT2D eigenvalue weighted by molar-refractivity contribution is 4.91. The molecule has 1 aliphatic heterocycles. The molecule has 0 radical (unpaired) electrons. The number of nitrogens with zero attached hydrogens (tertiary/aromatic N) is 3. The summed E-state index contributed by atoms with van der Waals surface area (Å²) >= 11 is 0. The minimum Gasteiger partial charge on any atom is -0.389 e. The summed E-state index contributed by atoms with van der Waals surface area (Å²) in [7, 11) is 0. The van der Waals surface area contributed by atoms with Gasteiger partial charge in [0, 0.05) is 19.5 Å². The molecule has 17 heavy (non-hydrogen) atoms. The maximum atomic E-state index is 9.41. The minimum absolute atomic E-state index is 0.454. The van der Waals surface area contributed by atoms with Crippen molar-refractivity contribution in [3.05, 3.63) is 11.7 Å². The number of aliphatic hydroxyl groups excluding tert-OH is 2. The normalized spacial score (nSPS) is 25.9. The van der Waals surface area contributed by atoms with Gasteiger partial charge in [-0.25, -0.2) is 0 Å². The molecule has 1 aliphatic rings. The van der Waals surface area contributed by atoms with Crippen LogP contribution in [0.2, 0.25) is 0 Å². The van der Waals surface area contributed by atoms with Crippen LogP contribution in [-0.4, -0.2) is 50.6 Å². The van der Waals surface area contributed by atoms with E-state index in [1.807, 2.05) is 4.90 Å². The zero-order chi connectivity index (χ0) is 12.4. The number of aromatic nitrogens is 2. The Morgan fingerprint density at radius 2 is 2.00 bits per heavy atom. The summed E-state index contributed by atoms with van der Waals surface area (Å²) in [5, 5.41) is 22.7. The summed E-state index contributed by atoms with van der Waals surface area (Å²) in [5.41, 5.74) is 0. The Labute approximate surface area is 100 Å². The summed E-state index contributed by atoms with van der Waals surface area (Å²) in [6.07, 6.45) is -0.563. The van der Waals surface area contributed by atoms with Crippen molar-refractivity contribution in [3.63, 3.8) is 0 Å². The number of β-amino-alcohol motifs (C(OH)–C–C–N with tert-alkyl or cyclic N) is 2. The predicted molar refractivity (Wildman–Crippen MR) is 60.1 cm³/mol. The van der Waals surface area contributed by atoms with Crippen LogP contribution in [0.5, 0.6) is 0 Å². The molecule has 0 saturated carbocycles. The lowest BCUT2D eigenvalue weighted by Gasteiger charge is -2.10. The second-order valence-electron chi connectivity index (χ2n) is 5.03. The highest BCUT2D eigenvalue weighted by Crippen LogP contribution is 2.13. The molecule has 2 N–H and O–H groups in total. The summed E-state index contributed by atoms with van der Waals surface area (Å²) in [6.45, 7) is 5.61. The Morgan fingerprint density at radius 1 is 1.35 bits per heavy atom. The van der Waals surface area contributed by atoms with Gasteiger partial charge >= 0.3 is 0 Å². The molecule has 6 nitrogen and oxygen atoms in total. The molecule has 96 valence electrons. The first-order valence-corrected chi connectivity index (χ1v) is 5.94. The third-order valence-electron chi connectivity index (χ3n) is 2.79. The Kier molecular flexibility index (Phi) is 3.76. The molecule has 0 spiro atoms. The van der Waals surface area contributed by atoms with E-state index in [2.05, 4.69) is 24.0 Å². The first-order chi connectivity index (χ1) is 8.04. The SMILES string of the molecule is CC(C)Cc1nc(CN2C[C@@H](O)[C@@H](O)C2)no1. The van der Waals surface area contributed by atoms with Gasteiger partial charge in [-0.05, 0) is 5.92 Å². The van der Waals surface area contributed by atoms with Gasteiger partial charge in [0.05, 0.1) is 18.8 Å². The summed E-state index contributed by atoms with van der Waals surface area (Å²) in [6, 6.07) is 0. The fourth-order valence-corrected chi connectivity index (χ4v) is 1.96. The van der Waals surface area contributed by atoms with Crippen LogP contribution < -0.4 is 0 Å². The quantitative estimate of drug-likeness (QED) is 0.760. The van der Waals surface area contributed by atoms with Crippen molar-refractivity contribution in [2.75, 3.05) is 13.1 Å². The monoisotopic (exact) mass is 241 g/mol. The van der Waals surface area contributed by atoms with Crippen LogP contribution in [0.25, 0.3) is 0 Å². The van der Waals surface area contributed by atoms with E-state index in [0.717, 1.165) is 6.42 Å². The minimum atomic E-state index is -0.669. The van der Waals surface area contributed by atoms with E-state index in [-0.39, 0.29) is 0 Å². The Bertz CT molecular complexity index is 357. The van der Waals surface area contributed by atoms with Gasteiger partial charge in [-0.3, -0.25) is 4.90 Å². The molecule has 0 amide bonds. The largest absolute Gasteiger partial charge is 0.389 e. The maximum Gasteiger partial charge on any atom is 0.226 e. The molecular formula is C11H19N3O3. The molecule has 0 bridgehead atoms. The van der Waals surface area contributed by atoms with Crippen molar-refractivity contribution in [2.45, 2.75) is 39.0 Å². The van der Waals surface area contributed by atoms with Gasteiger partial charge in [0.15, 0.2) is 5.82 Å². The van der Waals surface area contributed by atoms with Gasteiger partial charge in [0.25, 0.3) is 0 Å². The van der Waals surface area contributed by atoms with Gasteiger partial charge in [-0.15, -0.1) is 0 Å². The number of aliphatic hydroxyl groups is 2. The van der Waals surface area contributed by atoms with E-state index in [9.17, 15) is 10.2 Å². The van der Waals surface area contributed by atoms with Crippen molar-refractivity contribution >= 4 is 0 Å². The van der Waals surface area contributed by atoms with Crippen LogP contribution in [0.15, 0.2) is 4.52 Å². The predicted octanol–water partition coefficient (Wildman–Crippen LogP) is -0.195. The lowest BCUT2D eigenvalue weighted by Crippen LogP contribution is -2.22. The van der Waals surface area contributed by atoms with Crippen LogP contribution >= 0.6 is 0 Å². The van der Waals surface area contributed by atoms with E-state index >= 15 is 0 Å². The van der Waals surface area contributed by atoms with E-state index in [1.54, 1.807) is 0 Å². The van der Waals surface area contributed by atoms with E-state index < -0.39 is 12.2 Å². The van der Waals surface area contributed by atoms with Gasteiger partial charge in [0.1, 0.15) is 0 Å². The first kappa shape index (κ1) is 12.5. The first-order valence-electron chi connectivity index (χ1n) is 5.94. The smallest absolute Gasteiger partial charge is 0.226 e. The topological polar surface area (TPSA) is 82.6 Å². The molecule has 1 fully saturated rings. The molecular weight excluding hydrogens is 222 g/mol. The molecule has 0 aromatic carbocycles. The van der Waals surface area contributed by atoms with E-state index in [4.69, 9.17) is 4.52 Å². The van der Waals surface area contributed by atoms with Crippen LogP contribution in [-0.2, 0) is 13.0 Å². The molecule has 0 aliphatic carbocycles. The zero-order valence-corrected chi connectivity index (χ0v) is 10.2. The van der Waals surface area contributed by atoms with Crippen LogP contribution in [0.4, 0.5) is 0 Å². The highest BCUT2D eigenvalue weighted by atomic mass is 16.5. The van der Waals surface area contributed by atoms with Gasteiger partial charge in [0.2, 0.25) is 5.89 Å². The average molecular weight is 241 g/mol. The Morgan fingerprint density at radius 3 is 2.59 bits per heavy atom. The summed E-state index contributed by atoms with van der Waals surface area (Å²) in [5.74, 6) is 1.75. The van der Waals surface area contributed by atoms with Crippen LogP contribution in [0.1, 0.15) is 25.6 Å². The van der Waals surface area contributed by atoms with E-state index in [0.29, 0.717) is 37.3 Å². The molecule has 0 unspecified atom stereocenters. The summed E-state index contributed by atoms with van der Waals surface area (Å²) < 4.78 is 5.13. The number of likely N-dealkylation sites (tertiary alicyclic amines) is 1. The van der Waals surface area contributed by atoms with Crippen molar-refractivity contribution in [2.24, 2.45) is 5.92 Å². The number of rotatable bonds is 4. The molecule has 2 rings (SSSR count). The molecule has 1 aromatic heterocycles. The third-order valence-corrected chi connectivity index (χ3v) is 2.79. The second kappa shape index (κ2) is 5.12. The second-order valence-corrected chi connectivity index (χ2v) is 5.03. The van der Waals surface area contributed by atoms with E-state index in [1.165, 1.54) is 0 Å². The van der Waals surface area contributed by atoms with Crippen molar-refractivity contribution in [1.82, 2.24) is 15.0 Å². The lowest BCUT2D eigenvalue weighted by molar-refractivity contribution is 0.0572. The molecule has 2 heterocycles. The van der Waals surface area contributed by atoms with Gasteiger partial charge in [-0.1, -0.05) is 19.0 Å². The molecule has 2 atom stereocenters. The van der Waals surface area contributed by atoms with Crippen molar-refractivity contribution < 1.29 is 14.7 Å². The standard InChI is InChI=1S/C11H19N3O3/c1-7(2)3-11-12-10(13-17-11)6-14-4-8(15)9(16)5-14/h7-9,15-16H,3-6H2,1-2H3/t8-,9+. The molecule has 1 aromatic rings. The Balaban J connectivity index is 1.89. The maximum absolute atomic E-state index is 9.41. The van der Waals surface area contributed by atoms with Crippen molar-refractivity contribution in [3.8, 4) is 0 Å². The van der Waals surface area contributed by atoms with Crippen molar-refractivity contribution in [1.29, 1.82) is 0 Å². The Hall–Kier alpha value is -0.980. The third kappa shape index (κ3) is 3.24. The van der Waals surface area contributed by atoms with Crippen LogP contribution in [0.3, 0.4) is 0 Å². The van der Waals surface area contributed by atoms with Gasteiger partial charge in [-0.2, -0.15) is 4.98 Å². The average Bonchev–Trinajstić information content (AvgIpc) is 2.75. The van der Waals surface area contributed by atoms with Crippen LogP contribution in [0, 0.1) is 5.92 Å². The van der Waals surface area contributed by atoms with Gasteiger partial charge < -0.3 is 14.7 Å². The fraction of sp³-hybridized carbons (Fsp3) is 0.818. The number of hydrogen-bond acceptors (Lipinski definition) is 6. The summed E-state index contributed by atoms with van der Waals surface area (Å²) in [4.78, 5) is 6.20. The number of hydrogen-bond donors (Lipinski definition) is 2. The lowest BCUT2D eigenvalue weighted by atomic mass is 10.1. The zero-order valence-electron chi connectivity index (χ0n) is 10.2. The highest BCUT2D eigenvalue weighted by Gasteiger charge is 2.30.